The molecule has 0 aliphatic heterocycles. The number of ether oxygens (including phenoxy) is 1. The van der Waals surface area contributed by atoms with Crippen LogP contribution in [0.2, 0.25) is 0 Å². The van der Waals surface area contributed by atoms with Gasteiger partial charge in [-0.15, -0.1) is 0 Å². The summed E-state index contributed by atoms with van der Waals surface area (Å²) >= 11 is 0. The first kappa shape index (κ1) is 15.5. The molecule has 0 saturated carbocycles. The predicted molar refractivity (Wildman–Crippen MR) is 64.9 cm³/mol. The lowest BCUT2D eigenvalue weighted by Crippen LogP contribution is -2.27. The van der Waals surface area contributed by atoms with E-state index >= 15 is 0 Å². The van der Waals surface area contributed by atoms with Crippen molar-refractivity contribution in [3.8, 4) is 0 Å². The molecule has 0 spiro atoms. The molecule has 1 aromatic rings. The first-order valence-corrected chi connectivity index (χ1v) is 5.76. The Labute approximate surface area is 113 Å². The molecule has 2 unspecified atom stereocenters. The van der Waals surface area contributed by atoms with E-state index in [-0.39, 0.29) is 5.69 Å². The molecule has 0 aromatic carbocycles. The number of carboxylic acids is 1. The standard InChI is InChI=1S/C11H13N3O6/c1-3-6(2)20-11(17)9(10(15)16)7-4-13-8(5-12-7)14(18)19/h4-6,9H,3H2,1-2H3,(H,15,16). The molecule has 1 aromatic heterocycles. The zero-order valence-corrected chi connectivity index (χ0v) is 10.8. The number of carbonyl (C=O) groups excluding carboxylic acids is 1. The van der Waals surface area contributed by atoms with E-state index in [0.29, 0.717) is 6.42 Å². The quantitative estimate of drug-likeness (QED) is 0.352. The fourth-order valence-electron chi connectivity index (χ4n) is 1.27. The number of hydrogen-bond donors (Lipinski definition) is 1. The van der Waals surface area contributed by atoms with Crippen molar-refractivity contribution in [3.63, 3.8) is 0 Å². The van der Waals surface area contributed by atoms with Crippen LogP contribution < -0.4 is 0 Å². The molecule has 1 rings (SSSR count). The van der Waals surface area contributed by atoms with E-state index in [4.69, 9.17) is 9.84 Å². The summed E-state index contributed by atoms with van der Waals surface area (Å²) in [7, 11) is 0. The van der Waals surface area contributed by atoms with Crippen LogP contribution in [0, 0.1) is 10.1 Å². The summed E-state index contributed by atoms with van der Waals surface area (Å²) in [6, 6.07) is 0. The van der Waals surface area contributed by atoms with Crippen LogP contribution in [0.15, 0.2) is 12.4 Å². The van der Waals surface area contributed by atoms with E-state index in [0.717, 1.165) is 12.4 Å². The molecule has 20 heavy (non-hydrogen) atoms. The largest absolute Gasteiger partial charge is 0.480 e. The van der Waals surface area contributed by atoms with Crippen molar-refractivity contribution in [1.82, 2.24) is 9.97 Å². The maximum atomic E-state index is 11.8. The number of aliphatic carboxylic acids is 1. The predicted octanol–water partition coefficient (Wildman–Crippen LogP) is 0.895. The Bertz CT molecular complexity index is 515. The van der Waals surface area contributed by atoms with E-state index < -0.39 is 34.7 Å². The zero-order chi connectivity index (χ0) is 15.3. The minimum atomic E-state index is -1.66. The number of nitrogens with zero attached hydrogens (tertiary/aromatic N) is 3. The van der Waals surface area contributed by atoms with Gasteiger partial charge in [-0.25, -0.2) is 4.98 Å². The van der Waals surface area contributed by atoms with Crippen LogP contribution in [0.25, 0.3) is 0 Å². The van der Waals surface area contributed by atoms with Gasteiger partial charge in [-0.2, -0.15) is 0 Å². The Balaban J connectivity index is 2.99. The van der Waals surface area contributed by atoms with Gasteiger partial charge in [0.25, 0.3) is 0 Å². The van der Waals surface area contributed by atoms with Crippen LogP contribution in [0.1, 0.15) is 31.9 Å². The van der Waals surface area contributed by atoms with Gasteiger partial charge >= 0.3 is 17.8 Å². The molecule has 108 valence electrons. The fourth-order valence-corrected chi connectivity index (χ4v) is 1.27. The molecule has 9 nitrogen and oxygen atoms in total. The number of aromatic nitrogens is 2. The van der Waals surface area contributed by atoms with Gasteiger partial charge in [0, 0.05) is 0 Å². The number of hydrogen-bond acceptors (Lipinski definition) is 7. The third kappa shape index (κ3) is 3.70. The van der Waals surface area contributed by atoms with E-state index in [1.54, 1.807) is 13.8 Å². The summed E-state index contributed by atoms with van der Waals surface area (Å²) in [5.74, 6) is -4.62. The van der Waals surface area contributed by atoms with Crippen molar-refractivity contribution in [2.45, 2.75) is 32.3 Å². The summed E-state index contributed by atoms with van der Waals surface area (Å²) in [6.07, 6.45) is 1.77. The summed E-state index contributed by atoms with van der Waals surface area (Å²) in [6.45, 7) is 3.40. The average molecular weight is 283 g/mol. The maximum absolute atomic E-state index is 11.8. The van der Waals surface area contributed by atoms with Gasteiger partial charge in [0.15, 0.2) is 12.1 Å². The van der Waals surface area contributed by atoms with Gasteiger partial charge in [0.1, 0.15) is 11.9 Å². The summed E-state index contributed by atoms with van der Waals surface area (Å²) in [5, 5.41) is 19.5. The highest BCUT2D eigenvalue weighted by Gasteiger charge is 2.33. The minimum Gasteiger partial charge on any atom is -0.480 e. The second kappa shape index (κ2) is 6.55. The summed E-state index contributed by atoms with van der Waals surface area (Å²) in [5.41, 5.74) is -0.212. The molecule has 0 aliphatic carbocycles. The topological polar surface area (TPSA) is 133 Å². The second-order valence-electron chi connectivity index (χ2n) is 3.98. The van der Waals surface area contributed by atoms with Crippen LogP contribution >= 0.6 is 0 Å². The maximum Gasteiger partial charge on any atom is 0.381 e. The lowest BCUT2D eigenvalue weighted by atomic mass is 10.1. The van der Waals surface area contributed by atoms with Crippen molar-refractivity contribution in [3.05, 3.63) is 28.2 Å². The Morgan fingerprint density at radius 3 is 2.50 bits per heavy atom. The average Bonchev–Trinajstić information content (AvgIpc) is 2.38. The lowest BCUT2D eigenvalue weighted by Gasteiger charge is -2.14. The normalized spacial score (nSPS) is 13.3. The second-order valence-corrected chi connectivity index (χ2v) is 3.98. The Hall–Kier alpha value is -2.58. The molecule has 1 heterocycles. The Morgan fingerprint density at radius 1 is 1.45 bits per heavy atom. The first-order valence-electron chi connectivity index (χ1n) is 5.76. The summed E-state index contributed by atoms with van der Waals surface area (Å²) in [4.78, 5) is 39.6. The van der Waals surface area contributed by atoms with Crippen molar-refractivity contribution < 1.29 is 24.4 Å². The number of carboxylic acid groups (broad SMARTS) is 1. The molecule has 2 atom stereocenters. The van der Waals surface area contributed by atoms with Gasteiger partial charge in [0.05, 0.1) is 6.10 Å². The monoisotopic (exact) mass is 283 g/mol. The molecule has 0 radical (unpaired) electrons. The van der Waals surface area contributed by atoms with E-state index in [1.165, 1.54) is 0 Å². The zero-order valence-electron chi connectivity index (χ0n) is 10.8. The molecule has 0 bridgehead atoms. The molecular formula is C11H13N3O6. The molecular weight excluding hydrogens is 270 g/mol. The van der Waals surface area contributed by atoms with Gasteiger partial charge < -0.3 is 20.0 Å². The number of esters is 1. The Morgan fingerprint density at radius 2 is 2.10 bits per heavy atom. The van der Waals surface area contributed by atoms with Crippen LogP contribution in [-0.4, -0.2) is 38.0 Å². The van der Waals surface area contributed by atoms with Crippen molar-refractivity contribution >= 4 is 17.8 Å². The van der Waals surface area contributed by atoms with E-state index in [9.17, 15) is 19.7 Å². The van der Waals surface area contributed by atoms with Gasteiger partial charge in [-0.1, -0.05) is 6.92 Å². The smallest absolute Gasteiger partial charge is 0.381 e. The highest BCUT2D eigenvalue weighted by Crippen LogP contribution is 2.18. The van der Waals surface area contributed by atoms with Crippen molar-refractivity contribution in [1.29, 1.82) is 0 Å². The number of nitro groups is 1. The van der Waals surface area contributed by atoms with Crippen LogP contribution in [-0.2, 0) is 14.3 Å². The molecule has 0 saturated heterocycles. The molecule has 1 N–H and O–H groups in total. The lowest BCUT2D eigenvalue weighted by molar-refractivity contribution is -0.389. The molecule has 9 heteroatoms. The Kier molecular flexibility index (Phi) is 5.07. The van der Waals surface area contributed by atoms with Crippen LogP contribution in [0.5, 0.6) is 0 Å². The third-order valence-electron chi connectivity index (χ3n) is 2.52. The summed E-state index contributed by atoms with van der Waals surface area (Å²) < 4.78 is 4.93. The molecule has 0 fully saturated rings. The van der Waals surface area contributed by atoms with Crippen LogP contribution in [0.3, 0.4) is 0 Å². The SMILES string of the molecule is CCC(C)OC(=O)C(C(=O)O)c1cnc([N+](=O)[O-])cn1. The fraction of sp³-hybridized carbons (Fsp3) is 0.455. The number of carbonyl (C=O) groups is 2. The van der Waals surface area contributed by atoms with Crippen LogP contribution in [0.4, 0.5) is 5.82 Å². The number of rotatable bonds is 6. The van der Waals surface area contributed by atoms with Gasteiger partial charge in [0.2, 0.25) is 0 Å². The van der Waals surface area contributed by atoms with Gasteiger partial charge in [-0.05, 0) is 23.3 Å². The highest BCUT2D eigenvalue weighted by atomic mass is 16.6. The van der Waals surface area contributed by atoms with Crippen molar-refractivity contribution in [2.75, 3.05) is 0 Å². The third-order valence-corrected chi connectivity index (χ3v) is 2.52. The highest BCUT2D eigenvalue weighted by molar-refractivity contribution is 5.99. The van der Waals surface area contributed by atoms with Crippen molar-refractivity contribution in [2.24, 2.45) is 0 Å². The van der Waals surface area contributed by atoms with E-state index in [1.807, 2.05) is 0 Å². The molecule has 0 amide bonds. The minimum absolute atomic E-state index is 0.212. The van der Waals surface area contributed by atoms with Gasteiger partial charge in [-0.3, -0.25) is 9.59 Å². The van der Waals surface area contributed by atoms with E-state index in [2.05, 4.69) is 9.97 Å². The first-order chi connectivity index (χ1) is 9.36. The molecule has 0 aliphatic rings.